The average molecular weight is 339 g/mol. The van der Waals surface area contributed by atoms with Crippen LogP contribution in [0.5, 0.6) is 0 Å². The Balaban J connectivity index is 1.38. The number of likely N-dealkylation sites (tertiary alicyclic amines) is 1. The molecule has 1 aliphatic rings. The fourth-order valence-electron chi connectivity index (χ4n) is 3.46. The molecule has 3 heterocycles. The topological polar surface area (TPSA) is 37.6 Å². The van der Waals surface area contributed by atoms with Crippen molar-refractivity contribution < 1.29 is 4.79 Å². The van der Waals surface area contributed by atoms with Crippen LogP contribution in [-0.2, 0) is 6.42 Å². The van der Waals surface area contributed by atoms with E-state index < -0.39 is 0 Å². The molecule has 4 rings (SSSR count). The van der Waals surface area contributed by atoms with Gasteiger partial charge in [-0.2, -0.15) is 0 Å². The van der Waals surface area contributed by atoms with Gasteiger partial charge in [0.25, 0.3) is 5.91 Å². The molecule has 1 aromatic carbocycles. The molecule has 1 saturated heterocycles. The van der Waals surface area contributed by atoms with Crippen molar-refractivity contribution in [3.8, 4) is 0 Å². The van der Waals surface area contributed by atoms with E-state index in [2.05, 4.69) is 42.2 Å². The quantitative estimate of drug-likeness (QED) is 0.728. The van der Waals surface area contributed by atoms with Gasteiger partial charge in [0.1, 0.15) is 5.69 Å². The molecule has 1 aliphatic heterocycles. The van der Waals surface area contributed by atoms with E-state index in [0.717, 1.165) is 37.3 Å². The molecule has 0 bridgehead atoms. The zero-order valence-electron chi connectivity index (χ0n) is 13.8. The average Bonchev–Trinajstić information content (AvgIpc) is 3.13. The van der Waals surface area contributed by atoms with Crippen LogP contribution >= 0.6 is 11.3 Å². The summed E-state index contributed by atoms with van der Waals surface area (Å²) in [5.74, 6) is 0.742. The first kappa shape index (κ1) is 15.4. The number of fused-ring (bicyclic) bond motifs is 1. The first-order valence-corrected chi connectivity index (χ1v) is 9.29. The fourth-order valence-corrected chi connectivity index (χ4v) is 4.27. The number of piperidine rings is 1. The van der Waals surface area contributed by atoms with Crippen LogP contribution in [0.3, 0.4) is 0 Å². The van der Waals surface area contributed by atoms with E-state index in [4.69, 9.17) is 0 Å². The minimum Gasteiger partial charge on any atom is -0.337 e. The molecule has 0 radical (unpaired) electrons. The summed E-state index contributed by atoms with van der Waals surface area (Å²) in [4.78, 5) is 21.2. The lowest BCUT2D eigenvalue weighted by Crippen LogP contribution is -2.39. The smallest absolute Gasteiger partial charge is 0.274 e. The maximum absolute atomic E-state index is 12.7. The van der Waals surface area contributed by atoms with Crippen LogP contribution in [0.4, 0.5) is 0 Å². The number of hydrogen-bond donors (Lipinski definition) is 0. The highest BCUT2D eigenvalue weighted by atomic mass is 32.1. The van der Waals surface area contributed by atoms with E-state index in [-0.39, 0.29) is 5.91 Å². The highest BCUT2D eigenvalue weighted by Gasteiger charge is 2.25. The number of imidazole rings is 1. The zero-order valence-corrected chi connectivity index (χ0v) is 14.6. The number of aromatic nitrogens is 2. The summed E-state index contributed by atoms with van der Waals surface area (Å²) < 4.78 is 1.95. The Kier molecular flexibility index (Phi) is 4.10. The third-order valence-electron chi connectivity index (χ3n) is 4.76. The van der Waals surface area contributed by atoms with Crippen molar-refractivity contribution >= 4 is 22.2 Å². The Hall–Kier alpha value is -2.14. The summed E-state index contributed by atoms with van der Waals surface area (Å²) in [5, 5.41) is 0. The number of carbonyl (C=O) groups is 1. The first-order chi connectivity index (χ1) is 11.7. The van der Waals surface area contributed by atoms with Gasteiger partial charge in [-0.25, -0.2) is 4.98 Å². The van der Waals surface area contributed by atoms with E-state index in [9.17, 15) is 4.79 Å². The van der Waals surface area contributed by atoms with E-state index in [1.165, 1.54) is 10.4 Å². The third-order valence-corrected chi connectivity index (χ3v) is 5.67. The second kappa shape index (κ2) is 6.40. The van der Waals surface area contributed by atoms with Gasteiger partial charge >= 0.3 is 0 Å². The second-order valence-electron chi connectivity index (χ2n) is 6.58. The van der Waals surface area contributed by atoms with Gasteiger partial charge in [-0.3, -0.25) is 9.20 Å². The van der Waals surface area contributed by atoms with Crippen LogP contribution in [0.2, 0.25) is 0 Å². The maximum Gasteiger partial charge on any atom is 0.274 e. The number of benzene rings is 1. The third kappa shape index (κ3) is 3.08. The summed E-state index contributed by atoms with van der Waals surface area (Å²) in [6, 6.07) is 10.6. The lowest BCUT2D eigenvalue weighted by molar-refractivity contribution is 0.0685. The molecular formula is C19H21N3OS. The van der Waals surface area contributed by atoms with Gasteiger partial charge in [0.2, 0.25) is 0 Å². The fraction of sp³-hybridized carbons (Fsp3) is 0.368. The molecule has 2 aromatic heterocycles. The van der Waals surface area contributed by atoms with Gasteiger partial charge in [-0.05, 0) is 37.7 Å². The van der Waals surface area contributed by atoms with E-state index in [1.54, 1.807) is 11.3 Å². The van der Waals surface area contributed by atoms with Crippen LogP contribution in [0, 0.1) is 12.8 Å². The number of nitrogens with zero attached hydrogens (tertiary/aromatic N) is 3. The van der Waals surface area contributed by atoms with Gasteiger partial charge in [-0.1, -0.05) is 30.3 Å². The van der Waals surface area contributed by atoms with E-state index in [0.29, 0.717) is 11.6 Å². The minimum atomic E-state index is 0.0710. The van der Waals surface area contributed by atoms with Crippen molar-refractivity contribution in [1.82, 2.24) is 14.3 Å². The number of amides is 1. The summed E-state index contributed by atoms with van der Waals surface area (Å²) in [7, 11) is 0. The van der Waals surface area contributed by atoms with Gasteiger partial charge in [0.15, 0.2) is 4.96 Å². The summed E-state index contributed by atoms with van der Waals surface area (Å²) in [5.41, 5.74) is 1.97. The molecule has 0 spiro atoms. The summed E-state index contributed by atoms with van der Waals surface area (Å²) >= 11 is 1.62. The van der Waals surface area contributed by atoms with Crippen molar-refractivity contribution in [3.05, 3.63) is 58.9 Å². The molecule has 0 saturated carbocycles. The molecule has 0 aliphatic carbocycles. The monoisotopic (exact) mass is 339 g/mol. The number of carbonyl (C=O) groups excluding carboxylic acids is 1. The lowest BCUT2D eigenvalue weighted by Gasteiger charge is -2.31. The molecule has 3 aromatic rings. The minimum absolute atomic E-state index is 0.0710. The van der Waals surface area contributed by atoms with Crippen LogP contribution < -0.4 is 0 Å². The molecule has 0 atom stereocenters. The Morgan fingerprint density at radius 2 is 1.96 bits per heavy atom. The predicted molar refractivity (Wildman–Crippen MR) is 96.6 cm³/mol. The molecule has 1 fully saturated rings. The van der Waals surface area contributed by atoms with Crippen LogP contribution in [0.15, 0.2) is 42.7 Å². The molecule has 24 heavy (non-hydrogen) atoms. The van der Waals surface area contributed by atoms with Crippen LogP contribution in [-0.4, -0.2) is 33.3 Å². The Morgan fingerprint density at radius 3 is 2.67 bits per heavy atom. The number of aryl methyl sites for hydroxylation is 1. The molecule has 4 nitrogen and oxygen atoms in total. The Morgan fingerprint density at radius 1 is 1.21 bits per heavy atom. The molecular weight excluding hydrogens is 318 g/mol. The van der Waals surface area contributed by atoms with Crippen molar-refractivity contribution in [2.24, 2.45) is 5.92 Å². The molecule has 0 N–H and O–H groups in total. The zero-order chi connectivity index (χ0) is 16.5. The van der Waals surface area contributed by atoms with Crippen molar-refractivity contribution in [3.63, 3.8) is 0 Å². The highest BCUT2D eigenvalue weighted by molar-refractivity contribution is 7.17. The molecule has 1 amide bonds. The van der Waals surface area contributed by atoms with Crippen LogP contribution in [0.1, 0.15) is 33.8 Å². The predicted octanol–water partition coefficient (Wildman–Crippen LogP) is 3.80. The largest absolute Gasteiger partial charge is 0.337 e. The van der Waals surface area contributed by atoms with Crippen molar-refractivity contribution in [2.45, 2.75) is 26.2 Å². The Bertz CT molecular complexity index is 813. The van der Waals surface area contributed by atoms with Gasteiger partial charge in [-0.15, -0.1) is 11.3 Å². The highest BCUT2D eigenvalue weighted by Crippen LogP contribution is 2.23. The van der Waals surface area contributed by atoms with Crippen LogP contribution in [0.25, 0.3) is 4.96 Å². The number of hydrogen-bond acceptors (Lipinski definition) is 3. The van der Waals surface area contributed by atoms with Crippen molar-refractivity contribution in [1.29, 1.82) is 0 Å². The maximum atomic E-state index is 12.7. The molecule has 5 heteroatoms. The SMILES string of the molecule is Cc1cn2cc(C(=O)N3CCC(Cc4ccccc4)CC3)nc2s1. The summed E-state index contributed by atoms with van der Waals surface area (Å²) in [6.07, 6.45) is 7.14. The van der Waals surface area contributed by atoms with E-state index in [1.807, 2.05) is 21.7 Å². The first-order valence-electron chi connectivity index (χ1n) is 8.47. The molecule has 124 valence electrons. The van der Waals surface area contributed by atoms with Gasteiger partial charge < -0.3 is 4.90 Å². The normalized spacial score (nSPS) is 16.0. The van der Waals surface area contributed by atoms with Crippen molar-refractivity contribution in [2.75, 3.05) is 13.1 Å². The summed E-state index contributed by atoms with van der Waals surface area (Å²) in [6.45, 7) is 3.72. The number of rotatable bonds is 3. The second-order valence-corrected chi connectivity index (χ2v) is 7.80. The van der Waals surface area contributed by atoms with Gasteiger partial charge in [0.05, 0.1) is 0 Å². The lowest BCUT2D eigenvalue weighted by atomic mass is 9.90. The Labute approximate surface area is 145 Å². The standard InChI is InChI=1S/C19H21N3OS/c1-14-12-22-13-17(20-19(22)24-14)18(23)21-9-7-16(8-10-21)11-15-5-3-2-4-6-15/h2-6,12-13,16H,7-11H2,1H3. The van der Waals surface area contributed by atoms with E-state index >= 15 is 0 Å². The molecule has 0 unspecified atom stereocenters. The number of thiazole rings is 1. The van der Waals surface area contributed by atoms with Gasteiger partial charge in [0, 0.05) is 30.4 Å².